The Bertz CT molecular complexity index is 522. The van der Waals surface area contributed by atoms with E-state index >= 15 is 0 Å². The van der Waals surface area contributed by atoms with E-state index in [1.165, 1.54) is 12.8 Å². The van der Waals surface area contributed by atoms with Gasteiger partial charge in [0.1, 0.15) is 11.4 Å². The van der Waals surface area contributed by atoms with Gasteiger partial charge in [-0.05, 0) is 31.9 Å². The number of para-hydroxylation sites is 1. The molecule has 1 aliphatic heterocycles. The van der Waals surface area contributed by atoms with Crippen LogP contribution >= 0.6 is 0 Å². The molecule has 0 bridgehead atoms. The topological polar surface area (TPSA) is 61.6 Å². The summed E-state index contributed by atoms with van der Waals surface area (Å²) in [5.74, 6) is 0. The van der Waals surface area contributed by atoms with Crippen LogP contribution < -0.4 is 10.2 Å². The fourth-order valence-corrected chi connectivity index (χ4v) is 3.08. The molecule has 1 aliphatic carbocycles. The Morgan fingerprint density at radius 1 is 1.29 bits per heavy atom. The zero-order chi connectivity index (χ0) is 14.8. The molecule has 1 N–H and O–H groups in total. The molecule has 1 aromatic rings. The van der Waals surface area contributed by atoms with Gasteiger partial charge in [0.05, 0.1) is 4.92 Å². The molecule has 2 fully saturated rings. The maximum Gasteiger partial charge on any atom is 0.315 e. The van der Waals surface area contributed by atoms with Crippen LogP contribution in [0.1, 0.15) is 19.8 Å². The molecule has 0 amide bonds. The zero-order valence-electron chi connectivity index (χ0n) is 12.4. The monoisotopic (exact) mass is 290 g/mol. The fraction of sp³-hybridized carbons (Fsp3) is 0.600. The summed E-state index contributed by atoms with van der Waals surface area (Å²) < 4.78 is 0. The lowest BCUT2D eigenvalue weighted by Gasteiger charge is -2.36. The largest absolute Gasteiger partial charge is 0.380 e. The Morgan fingerprint density at radius 2 is 2.00 bits per heavy atom. The molecule has 0 radical (unpaired) electrons. The van der Waals surface area contributed by atoms with Crippen LogP contribution in [0.3, 0.4) is 0 Å². The summed E-state index contributed by atoms with van der Waals surface area (Å²) in [5, 5.41) is 14.6. The first-order chi connectivity index (χ1) is 10.2. The van der Waals surface area contributed by atoms with E-state index in [-0.39, 0.29) is 10.6 Å². The quantitative estimate of drug-likeness (QED) is 0.666. The minimum absolute atomic E-state index is 0.208. The summed E-state index contributed by atoms with van der Waals surface area (Å²) in [5.41, 5.74) is 1.57. The second-order valence-electron chi connectivity index (χ2n) is 5.71. The standard InChI is InChI=1S/C15H22N4O2/c1-2-16-13-4-3-5-14(15(13)19(20)21)18-10-8-17(9-11-18)12-6-7-12/h3-5,12,16H,2,6-11H2,1H3. The Morgan fingerprint density at radius 3 is 2.57 bits per heavy atom. The van der Waals surface area contributed by atoms with Crippen molar-refractivity contribution in [2.24, 2.45) is 0 Å². The van der Waals surface area contributed by atoms with Gasteiger partial charge < -0.3 is 10.2 Å². The normalized spacial score (nSPS) is 19.6. The van der Waals surface area contributed by atoms with Crippen molar-refractivity contribution in [3.8, 4) is 0 Å². The number of nitrogens with zero attached hydrogens (tertiary/aromatic N) is 3. The van der Waals surface area contributed by atoms with Gasteiger partial charge >= 0.3 is 5.69 Å². The van der Waals surface area contributed by atoms with E-state index in [4.69, 9.17) is 0 Å². The number of anilines is 2. The van der Waals surface area contributed by atoms with Crippen LogP contribution in [-0.2, 0) is 0 Å². The van der Waals surface area contributed by atoms with Gasteiger partial charge in [-0.2, -0.15) is 0 Å². The Labute approximate surface area is 124 Å². The third-order valence-corrected chi connectivity index (χ3v) is 4.28. The van der Waals surface area contributed by atoms with Crippen molar-refractivity contribution in [1.82, 2.24) is 4.90 Å². The van der Waals surface area contributed by atoms with Crippen molar-refractivity contribution in [2.75, 3.05) is 42.9 Å². The molecular formula is C15H22N4O2. The van der Waals surface area contributed by atoms with Gasteiger partial charge in [0.15, 0.2) is 0 Å². The number of benzene rings is 1. The summed E-state index contributed by atoms with van der Waals surface area (Å²) in [6.07, 6.45) is 2.63. The number of nitrogens with one attached hydrogen (secondary N) is 1. The third kappa shape index (κ3) is 2.95. The average molecular weight is 290 g/mol. The summed E-state index contributed by atoms with van der Waals surface area (Å²) in [6.45, 7) is 6.38. The lowest BCUT2D eigenvalue weighted by atomic mass is 10.2. The smallest absolute Gasteiger partial charge is 0.315 e. The van der Waals surface area contributed by atoms with E-state index in [1.807, 2.05) is 19.1 Å². The molecule has 6 nitrogen and oxygen atoms in total. The van der Waals surface area contributed by atoms with E-state index in [0.29, 0.717) is 12.2 Å². The number of hydrogen-bond donors (Lipinski definition) is 1. The van der Waals surface area contributed by atoms with E-state index in [0.717, 1.165) is 37.9 Å². The van der Waals surface area contributed by atoms with Crippen molar-refractivity contribution in [3.05, 3.63) is 28.3 Å². The molecule has 1 aromatic carbocycles. The Hall–Kier alpha value is -1.82. The summed E-state index contributed by atoms with van der Waals surface area (Å²) in [4.78, 5) is 15.9. The maximum absolute atomic E-state index is 11.5. The summed E-state index contributed by atoms with van der Waals surface area (Å²) >= 11 is 0. The molecule has 114 valence electrons. The van der Waals surface area contributed by atoms with Gasteiger partial charge in [-0.3, -0.25) is 15.0 Å². The van der Waals surface area contributed by atoms with Gasteiger partial charge in [0, 0.05) is 38.8 Å². The van der Waals surface area contributed by atoms with E-state index < -0.39 is 0 Å². The van der Waals surface area contributed by atoms with Crippen LogP contribution in [0, 0.1) is 10.1 Å². The van der Waals surface area contributed by atoms with Crippen molar-refractivity contribution in [1.29, 1.82) is 0 Å². The van der Waals surface area contributed by atoms with E-state index in [9.17, 15) is 10.1 Å². The lowest BCUT2D eigenvalue weighted by Crippen LogP contribution is -2.47. The van der Waals surface area contributed by atoms with Crippen LogP contribution in [0.5, 0.6) is 0 Å². The highest BCUT2D eigenvalue weighted by molar-refractivity contribution is 5.77. The molecule has 0 aromatic heterocycles. The predicted octanol–water partition coefficient (Wildman–Crippen LogP) is 2.31. The number of rotatable bonds is 5. The highest BCUT2D eigenvalue weighted by Crippen LogP contribution is 2.36. The third-order valence-electron chi connectivity index (χ3n) is 4.28. The molecule has 0 atom stereocenters. The van der Waals surface area contributed by atoms with E-state index in [2.05, 4.69) is 15.1 Å². The van der Waals surface area contributed by atoms with Crippen molar-refractivity contribution >= 4 is 17.1 Å². The Kier molecular flexibility index (Phi) is 3.96. The minimum atomic E-state index is -0.263. The van der Waals surface area contributed by atoms with Gasteiger partial charge in [-0.25, -0.2) is 0 Å². The molecule has 0 spiro atoms. The summed E-state index contributed by atoms with van der Waals surface area (Å²) in [6, 6.07) is 6.32. The average Bonchev–Trinajstić information content (AvgIpc) is 3.32. The lowest BCUT2D eigenvalue weighted by molar-refractivity contribution is -0.383. The first-order valence-electron chi connectivity index (χ1n) is 7.71. The van der Waals surface area contributed by atoms with Gasteiger partial charge in [0.25, 0.3) is 0 Å². The van der Waals surface area contributed by atoms with Gasteiger partial charge in [-0.1, -0.05) is 6.07 Å². The molecule has 21 heavy (non-hydrogen) atoms. The first kappa shape index (κ1) is 14.1. The highest BCUT2D eigenvalue weighted by atomic mass is 16.6. The number of nitro benzene ring substituents is 1. The molecule has 1 saturated heterocycles. The van der Waals surface area contributed by atoms with Crippen LogP contribution in [0.2, 0.25) is 0 Å². The first-order valence-corrected chi connectivity index (χ1v) is 7.71. The number of hydrogen-bond acceptors (Lipinski definition) is 5. The van der Waals surface area contributed by atoms with Gasteiger partial charge in [0.2, 0.25) is 0 Å². The van der Waals surface area contributed by atoms with E-state index in [1.54, 1.807) is 6.07 Å². The maximum atomic E-state index is 11.5. The van der Waals surface area contributed by atoms with Crippen LogP contribution in [0.4, 0.5) is 17.1 Å². The minimum Gasteiger partial charge on any atom is -0.380 e. The van der Waals surface area contributed by atoms with Crippen molar-refractivity contribution in [2.45, 2.75) is 25.8 Å². The molecule has 0 unspecified atom stereocenters. The fourth-order valence-electron chi connectivity index (χ4n) is 3.08. The molecule has 3 rings (SSSR count). The molecule has 6 heteroatoms. The summed E-state index contributed by atoms with van der Waals surface area (Å²) in [7, 11) is 0. The molecule has 1 saturated carbocycles. The number of piperazine rings is 1. The predicted molar refractivity (Wildman–Crippen MR) is 84.1 cm³/mol. The van der Waals surface area contributed by atoms with Crippen LogP contribution in [0.15, 0.2) is 18.2 Å². The SMILES string of the molecule is CCNc1cccc(N2CCN(C3CC3)CC2)c1[N+](=O)[O-]. The van der Waals surface area contributed by atoms with Gasteiger partial charge in [-0.15, -0.1) is 0 Å². The van der Waals surface area contributed by atoms with Crippen molar-refractivity contribution < 1.29 is 4.92 Å². The second-order valence-corrected chi connectivity index (χ2v) is 5.71. The zero-order valence-corrected chi connectivity index (χ0v) is 12.4. The number of nitro groups is 1. The Balaban J connectivity index is 1.80. The molecule has 1 heterocycles. The van der Waals surface area contributed by atoms with Crippen LogP contribution in [-0.4, -0.2) is 48.6 Å². The second kappa shape index (κ2) is 5.89. The molecular weight excluding hydrogens is 268 g/mol. The molecule has 2 aliphatic rings. The van der Waals surface area contributed by atoms with Crippen molar-refractivity contribution in [3.63, 3.8) is 0 Å². The highest BCUT2D eigenvalue weighted by Gasteiger charge is 2.33. The van der Waals surface area contributed by atoms with Crippen LogP contribution in [0.25, 0.3) is 0 Å².